The quantitative estimate of drug-likeness (QED) is 0.471. The molecule has 0 radical (unpaired) electrons. The molecule has 0 saturated carbocycles. The van der Waals surface area contributed by atoms with Crippen molar-refractivity contribution >= 4 is 40.1 Å². The van der Waals surface area contributed by atoms with E-state index in [-0.39, 0.29) is 17.7 Å². The van der Waals surface area contributed by atoms with Gasteiger partial charge >= 0.3 is 0 Å². The van der Waals surface area contributed by atoms with Crippen LogP contribution in [0.3, 0.4) is 0 Å². The summed E-state index contributed by atoms with van der Waals surface area (Å²) in [6.45, 7) is 2.32. The number of nitrogens with one attached hydrogen (secondary N) is 1. The lowest BCUT2D eigenvalue weighted by Gasteiger charge is -2.17. The van der Waals surface area contributed by atoms with Gasteiger partial charge in [-0.15, -0.1) is 0 Å². The topological polar surface area (TPSA) is 60.1 Å². The molecule has 4 rings (SSSR count). The first-order valence-electron chi connectivity index (χ1n) is 8.77. The van der Waals surface area contributed by atoms with E-state index in [1.807, 2.05) is 54.0 Å². The minimum atomic E-state index is -0.355. The Morgan fingerprint density at radius 2 is 1.86 bits per heavy atom. The molecule has 0 bridgehead atoms. The molecule has 1 N–H and O–H groups in total. The fraction of sp³-hybridized carbons (Fsp3) is 0.143. The van der Waals surface area contributed by atoms with Gasteiger partial charge in [-0.3, -0.25) is 4.79 Å². The molecule has 0 saturated heterocycles. The van der Waals surface area contributed by atoms with Crippen molar-refractivity contribution in [1.29, 1.82) is 0 Å². The number of furan rings is 1. The SMILES string of the molecule is C[C@H](NC(=O)c1ccco1)c1nc2ccccc2n1Cc1c(Cl)cccc1Cl. The van der Waals surface area contributed by atoms with E-state index in [0.29, 0.717) is 22.4 Å². The summed E-state index contributed by atoms with van der Waals surface area (Å²) in [5, 5.41) is 4.11. The van der Waals surface area contributed by atoms with Crippen LogP contribution < -0.4 is 5.32 Å². The number of rotatable bonds is 5. The van der Waals surface area contributed by atoms with Crippen LogP contribution in [0.2, 0.25) is 10.0 Å². The summed E-state index contributed by atoms with van der Waals surface area (Å²) in [6, 6.07) is 16.2. The number of amides is 1. The second kappa shape index (κ2) is 7.70. The van der Waals surface area contributed by atoms with Crippen molar-refractivity contribution in [2.24, 2.45) is 0 Å². The third kappa shape index (κ3) is 3.51. The summed E-state index contributed by atoms with van der Waals surface area (Å²) < 4.78 is 7.20. The Morgan fingerprint density at radius 3 is 2.57 bits per heavy atom. The zero-order chi connectivity index (χ0) is 19.7. The summed E-state index contributed by atoms with van der Waals surface area (Å²) in [6.07, 6.45) is 1.47. The molecule has 142 valence electrons. The van der Waals surface area contributed by atoms with E-state index < -0.39 is 0 Å². The van der Waals surface area contributed by atoms with Crippen LogP contribution >= 0.6 is 23.2 Å². The maximum atomic E-state index is 12.4. The minimum absolute atomic E-state index is 0.253. The summed E-state index contributed by atoms with van der Waals surface area (Å²) in [4.78, 5) is 17.1. The maximum Gasteiger partial charge on any atom is 0.287 e. The standard InChI is InChI=1S/C21H17Cl2N3O2/c1-13(24-21(27)19-10-5-11-28-19)20-25-17-8-2-3-9-18(17)26(20)12-14-15(22)6-4-7-16(14)23/h2-11,13H,12H2,1H3,(H,24,27)/t13-/m0/s1. The van der Waals surface area contributed by atoms with Gasteiger partial charge in [-0.05, 0) is 43.3 Å². The number of para-hydroxylation sites is 2. The van der Waals surface area contributed by atoms with Crippen molar-refractivity contribution in [3.8, 4) is 0 Å². The van der Waals surface area contributed by atoms with Crippen molar-refractivity contribution in [3.63, 3.8) is 0 Å². The normalized spacial score (nSPS) is 12.2. The van der Waals surface area contributed by atoms with E-state index >= 15 is 0 Å². The number of aromatic nitrogens is 2. The molecule has 0 unspecified atom stereocenters. The number of benzene rings is 2. The zero-order valence-corrected chi connectivity index (χ0v) is 16.5. The van der Waals surface area contributed by atoms with E-state index in [0.717, 1.165) is 16.6 Å². The molecule has 1 amide bonds. The van der Waals surface area contributed by atoms with Gasteiger partial charge in [0.2, 0.25) is 0 Å². The molecule has 2 heterocycles. The average Bonchev–Trinajstić information content (AvgIpc) is 3.33. The third-order valence-corrected chi connectivity index (χ3v) is 5.25. The predicted octanol–water partition coefficient (Wildman–Crippen LogP) is 5.48. The molecule has 0 aliphatic heterocycles. The first kappa shape index (κ1) is 18.6. The third-order valence-electron chi connectivity index (χ3n) is 4.54. The fourth-order valence-electron chi connectivity index (χ4n) is 3.17. The van der Waals surface area contributed by atoms with Gasteiger partial charge in [0.1, 0.15) is 5.82 Å². The minimum Gasteiger partial charge on any atom is -0.459 e. The first-order valence-corrected chi connectivity index (χ1v) is 9.52. The van der Waals surface area contributed by atoms with Crippen molar-refractivity contribution < 1.29 is 9.21 Å². The highest BCUT2D eigenvalue weighted by Crippen LogP contribution is 2.29. The fourth-order valence-corrected chi connectivity index (χ4v) is 3.69. The van der Waals surface area contributed by atoms with Crippen molar-refractivity contribution in [3.05, 3.63) is 88.1 Å². The first-order chi connectivity index (χ1) is 13.5. The van der Waals surface area contributed by atoms with Gasteiger partial charge < -0.3 is 14.3 Å². The second-order valence-electron chi connectivity index (χ2n) is 6.42. The number of hydrogen-bond acceptors (Lipinski definition) is 3. The Bertz CT molecular complexity index is 1120. The monoisotopic (exact) mass is 413 g/mol. The number of fused-ring (bicyclic) bond motifs is 1. The number of halogens is 2. The van der Waals surface area contributed by atoms with Crippen molar-refractivity contribution in [2.75, 3.05) is 0 Å². The van der Waals surface area contributed by atoms with Crippen LogP contribution in [-0.2, 0) is 6.54 Å². The van der Waals surface area contributed by atoms with Crippen LogP contribution in [0.1, 0.15) is 34.9 Å². The lowest BCUT2D eigenvalue weighted by Crippen LogP contribution is -2.28. The average molecular weight is 414 g/mol. The zero-order valence-electron chi connectivity index (χ0n) is 15.0. The van der Waals surface area contributed by atoms with Crippen molar-refractivity contribution in [2.45, 2.75) is 19.5 Å². The number of imidazole rings is 1. The molecule has 0 fully saturated rings. The van der Waals surface area contributed by atoms with Crippen LogP contribution in [0.5, 0.6) is 0 Å². The molecule has 28 heavy (non-hydrogen) atoms. The smallest absolute Gasteiger partial charge is 0.287 e. The van der Waals surface area contributed by atoms with Gasteiger partial charge in [0.05, 0.1) is 29.9 Å². The second-order valence-corrected chi connectivity index (χ2v) is 7.23. The highest BCUT2D eigenvalue weighted by Gasteiger charge is 2.21. The van der Waals surface area contributed by atoms with Gasteiger partial charge in [0.25, 0.3) is 5.91 Å². The van der Waals surface area contributed by atoms with Gasteiger partial charge in [-0.2, -0.15) is 0 Å². The maximum absolute atomic E-state index is 12.4. The molecule has 0 aliphatic rings. The number of nitrogens with zero attached hydrogens (tertiary/aromatic N) is 2. The molecule has 7 heteroatoms. The summed E-state index contributed by atoms with van der Waals surface area (Å²) in [5.74, 6) is 0.660. The van der Waals surface area contributed by atoms with Crippen LogP contribution in [0.15, 0.2) is 65.3 Å². The highest BCUT2D eigenvalue weighted by molar-refractivity contribution is 6.36. The highest BCUT2D eigenvalue weighted by atomic mass is 35.5. The Morgan fingerprint density at radius 1 is 1.11 bits per heavy atom. The van der Waals surface area contributed by atoms with Crippen LogP contribution in [0.25, 0.3) is 11.0 Å². The van der Waals surface area contributed by atoms with E-state index in [9.17, 15) is 4.79 Å². The Labute approximate surface area is 171 Å². The molecule has 0 spiro atoms. The predicted molar refractivity (Wildman–Crippen MR) is 110 cm³/mol. The van der Waals surface area contributed by atoms with Crippen LogP contribution in [-0.4, -0.2) is 15.5 Å². The van der Waals surface area contributed by atoms with Gasteiger partial charge in [0, 0.05) is 15.6 Å². The number of hydrogen-bond donors (Lipinski definition) is 1. The number of carbonyl (C=O) groups excluding carboxylic acids is 1. The van der Waals surface area contributed by atoms with Crippen LogP contribution in [0.4, 0.5) is 0 Å². The molecule has 5 nitrogen and oxygen atoms in total. The molecular weight excluding hydrogens is 397 g/mol. The van der Waals surface area contributed by atoms with Crippen molar-refractivity contribution in [1.82, 2.24) is 14.9 Å². The summed E-state index contributed by atoms with van der Waals surface area (Å²) in [5.41, 5.74) is 2.58. The Balaban J connectivity index is 1.74. The molecule has 2 aromatic heterocycles. The Kier molecular flexibility index (Phi) is 5.11. The van der Waals surface area contributed by atoms with Crippen LogP contribution in [0, 0.1) is 0 Å². The summed E-state index contributed by atoms with van der Waals surface area (Å²) >= 11 is 12.8. The molecular formula is C21H17Cl2N3O2. The van der Waals surface area contributed by atoms with Gasteiger partial charge in [0.15, 0.2) is 5.76 Å². The van der Waals surface area contributed by atoms with Gasteiger partial charge in [-0.1, -0.05) is 41.4 Å². The van der Waals surface area contributed by atoms with E-state index in [4.69, 9.17) is 32.6 Å². The number of carbonyl (C=O) groups is 1. The lowest BCUT2D eigenvalue weighted by molar-refractivity contribution is 0.0909. The van der Waals surface area contributed by atoms with E-state index in [2.05, 4.69) is 5.32 Å². The summed E-state index contributed by atoms with van der Waals surface area (Å²) in [7, 11) is 0. The largest absolute Gasteiger partial charge is 0.459 e. The lowest BCUT2D eigenvalue weighted by atomic mass is 10.2. The molecule has 4 aromatic rings. The van der Waals surface area contributed by atoms with E-state index in [1.165, 1.54) is 6.26 Å². The molecule has 2 aromatic carbocycles. The molecule has 0 aliphatic carbocycles. The Hall–Kier alpha value is -2.76. The van der Waals surface area contributed by atoms with Gasteiger partial charge in [-0.25, -0.2) is 4.98 Å². The van der Waals surface area contributed by atoms with E-state index in [1.54, 1.807) is 12.1 Å². The molecule has 1 atom stereocenters.